The highest BCUT2D eigenvalue weighted by Crippen LogP contribution is 2.31. The molecule has 0 aliphatic heterocycles. The molecule has 0 aliphatic carbocycles. The summed E-state index contributed by atoms with van der Waals surface area (Å²) in [6.45, 7) is 2.02. The maximum atomic E-state index is 12.3. The second kappa shape index (κ2) is 7.02. The lowest BCUT2D eigenvalue weighted by Crippen LogP contribution is -2.25. The van der Waals surface area contributed by atoms with Crippen molar-refractivity contribution in [3.8, 4) is 16.9 Å². The summed E-state index contributed by atoms with van der Waals surface area (Å²) < 4.78 is 1.33. The molecule has 3 rings (SSSR count). The van der Waals surface area contributed by atoms with Gasteiger partial charge in [-0.2, -0.15) is 14.8 Å². The third kappa shape index (κ3) is 3.33. The summed E-state index contributed by atoms with van der Waals surface area (Å²) in [4.78, 5) is 17.4. The molecule has 0 unspecified atom stereocenters. The number of para-hydroxylation sites is 1. The van der Waals surface area contributed by atoms with Gasteiger partial charge in [0.2, 0.25) is 0 Å². The SMILES string of the molecule is CCSc1nc(=O)n(-c2ccccc2)nc1-c1ccccc1S. The number of thioether (sulfide) groups is 1. The number of thiol groups is 1. The Labute approximate surface area is 144 Å². The predicted octanol–water partition coefficient (Wildman–Crippen LogP) is 3.70. The molecule has 0 fully saturated rings. The molecule has 0 spiro atoms. The molecule has 0 saturated carbocycles. The van der Waals surface area contributed by atoms with Crippen LogP contribution in [0.5, 0.6) is 0 Å². The van der Waals surface area contributed by atoms with E-state index < -0.39 is 0 Å². The van der Waals surface area contributed by atoms with E-state index in [1.807, 2.05) is 61.5 Å². The Hall–Kier alpha value is -2.05. The van der Waals surface area contributed by atoms with E-state index >= 15 is 0 Å². The summed E-state index contributed by atoms with van der Waals surface area (Å²) in [7, 11) is 0. The van der Waals surface area contributed by atoms with E-state index in [2.05, 4.69) is 22.7 Å². The van der Waals surface area contributed by atoms with Gasteiger partial charge in [0.25, 0.3) is 0 Å². The van der Waals surface area contributed by atoms with Crippen LogP contribution in [0.25, 0.3) is 16.9 Å². The first-order valence-electron chi connectivity index (χ1n) is 7.18. The van der Waals surface area contributed by atoms with Crippen molar-refractivity contribution in [3.63, 3.8) is 0 Å². The Morgan fingerprint density at radius 1 is 1.09 bits per heavy atom. The molecule has 0 aliphatic rings. The Morgan fingerprint density at radius 2 is 1.78 bits per heavy atom. The minimum absolute atomic E-state index is 0.382. The van der Waals surface area contributed by atoms with Gasteiger partial charge in [-0.3, -0.25) is 0 Å². The van der Waals surface area contributed by atoms with Gasteiger partial charge in [-0.1, -0.05) is 43.3 Å². The van der Waals surface area contributed by atoms with E-state index in [0.717, 1.165) is 16.2 Å². The number of aromatic nitrogens is 3. The van der Waals surface area contributed by atoms with Crippen molar-refractivity contribution in [1.29, 1.82) is 0 Å². The third-order valence-corrected chi connectivity index (χ3v) is 4.46. The highest BCUT2D eigenvalue weighted by Gasteiger charge is 2.15. The molecule has 0 amide bonds. The van der Waals surface area contributed by atoms with Gasteiger partial charge in [0.05, 0.1) is 5.69 Å². The van der Waals surface area contributed by atoms with Crippen molar-refractivity contribution in [2.24, 2.45) is 0 Å². The molecule has 6 heteroatoms. The Morgan fingerprint density at radius 3 is 2.48 bits per heavy atom. The first-order chi connectivity index (χ1) is 11.2. The van der Waals surface area contributed by atoms with Crippen LogP contribution in [-0.2, 0) is 0 Å². The molecule has 2 aromatic carbocycles. The van der Waals surface area contributed by atoms with Crippen LogP contribution in [-0.4, -0.2) is 20.5 Å². The van der Waals surface area contributed by atoms with Crippen LogP contribution in [0.1, 0.15) is 6.92 Å². The van der Waals surface area contributed by atoms with Crippen LogP contribution in [0.15, 0.2) is 69.3 Å². The van der Waals surface area contributed by atoms with Crippen LogP contribution in [0.3, 0.4) is 0 Å². The Bertz CT molecular complexity index is 879. The van der Waals surface area contributed by atoms with E-state index in [-0.39, 0.29) is 5.69 Å². The molecule has 116 valence electrons. The van der Waals surface area contributed by atoms with Gasteiger partial charge >= 0.3 is 5.69 Å². The van der Waals surface area contributed by atoms with Crippen LogP contribution < -0.4 is 5.69 Å². The molecule has 0 bridgehead atoms. The summed E-state index contributed by atoms with van der Waals surface area (Å²) in [5.74, 6) is 0.811. The molecule has 0 saturated heterocycles. The third-order valence-electron chi connectivity index (χ3n) is 3.22. The average molecular weight is 341 g/mol. The Balaban J connectivity index is 2.25. The minimum atomic E-state index is -0.382. The highest BCUT2D eigenvalue weighted by molar-refractivity contribution is 7.99. The van der Waals surface area contributed by atoms with Crippen molar-refractivity contribution in [2.45, 2.75) is 16.8 Å². The fraction of sp³-hybridized carbons (Fsp3) is 0.118. The van der Waals surface area contributed by atoms with Crippen LogP contribution in [0.4, 0.5) is 0 Å². The van der Waals surface area contributed by atoms with Crippen LogP contribution in [0, 0.1) is 0 Å². The zero-order chi connectivity index (χ0) is 16.2. The van der Waals surface area contributed by atoms with Gasteiger partial charge < -0.3 is 0 Å². The van der Waals surface area contributed by atoms with Crippen molar-refractivity contribution >= 4 is 24.4 Å². The number of benzene rings is 2. The number of hydrogen-bond donors (Lipinski definition) is 1. The van der Waals surface area contributed by atoms with E-state index in [0.29, 0.717) is 16.4 Å². The Kier molecular flexibility index (Phi) is 4.83. The predicted molar refractivity (Wildman–Crippen MR) is 96.7 cm³/mol. The van der Waals surface area contributed by atoms with Crippen molar-refractivity contribution in [2.75, 3.05) is 5.75 Å². The molecule has 0 atom stereocenters. The van der Waals surface area contributed by atoms with E-state index in [1.54, 1.807) is 0 Å². The van der Waals surface area contributed by atoms with Crippen LogP contribution >= 0.6 is 24.4 Å². The summed E-state index contributed by atoms with van der Waals surface area (Å²) in [6, 6.07) is 17.0. The van der Waals surface area contributed by atoms with Gasteiger partial charge in [0, 0.05) is 10.5 Å². The lowest BCUT2D eigenvalue weighted by Gasteiger charge is -2.11. The van der Waals surface area contributed by atoms with Crippen LogP contribution in [0.2, 0.25) is 0 Å². The maximum absolute atomic E-state index is 12.3. The highest BCUT2D eigenvalue weighted by atomic mass is 32.2. The lowest BCUT2D eigenvalue weighted by atomic mass is 10.2. The van der Waals surface area contributed by atoms with E-state index in [1.165, 1.54) is 16.4 Å². The normalized spacial score (nSPS) is 10.7. The molecule has 0 N–H and O–H groups in total. The van der Waals surface area contributed by atoms with Crippen molar-refractivity contribution in [3.05, 3.63) is 65.1 Å². The second-order valence-electron chi connectivity index (χ2n) is 4.75. The number of nitrogens with zero attached hydrogens (tertiary/aromatic N) is 3. The maximum Gasteiger partial charge on any atom is 0.369 e. The standard InChI is InChI=1S/C17H15N3OS2/c1-2-23-16-15(13-10-6-7-11-14(13)22)19-20(17(21)18-16)12-8-4-3-5-9-12/h3-11,22H,2H2,1H3. The molecule has 0 radical (unpaired) electrons. The van der Waals surface area contributed by atoms with E-state index in [9.17, 15) is 4.79 Å². The van der Waals surface area contributed by atoms with Gasteiger partial charge in [0.15, 0.2) is 0 Å². The summed E-state index contributed by atoms with van der Waals surface area (Å²) in [6.07, 6.45) is 0. The zero-order valence-corrected chi connectivity index (χ0v) is 14.2. The van der Waals surface area contributed by atoms with Gasteiger partial charge in [0.1, 0.15) is 10.7 Å². The molecule has 1 heterocycles. The number of hydrogen-bond acceptors (Lipinski definition) is 5. The molecular formula is C17H15N3OS2. The summed E-state index contributed by atoms with van der Waals surface area (Å²) in [5.41, 5.74) is 1.85. The molecular weight excluding hydrogens is 326 g/mol. The quantitative estimate of drug-likeness (QED) is 0.581. The molecule has 3 aromatic rings. The van der Waals surface area contributed by atoms with E-state index in [4.69, 9.17) is 0 Å². The molecule has 4 nitrogen and oxygen atoms in total. The largest absolute Gasteiger partial charge is 0.369 e. The second-order valence-corrected chi connectivity index (χ2v) is 6.48. The lowest BCUT2D eigenvalue weighted by molar-refractivity contribution is 0.736. The van der Waals surface area contributed by atoms with Crippen molar-refractivity contribution in [1.82, 2.24) is 14.8 Å². The fourth-order valence-electron chi connectivity index (χ4n) is 2.19. The minimum Gasteiger partial charge on any atom is -0.244 e. The van der Waals surface area contributed by atoms with Gasteiger partial charge in [-0.15, -0.1) is 24.4 Å². The van der Waals surface area contributed by atoms with Gasteiger partial charge in [-0.25, -0.2) is 4.79 Å². The fourth-order valence-corrected chi connectivity index (χ4v) is 3.16. The molecule has 23 heavy (non-hydrogen) atoms. The van der Waals surface area contributed by atoms with Crippen molar-refractivity contribution < 1.29 is 0 Å². The topological polar surface area (TPSA) is 47.8 Å². The smallest absolute Gasteiger partial charge is 0.244 e. The first kappa shape index (κ1) is 15.8. The summed E-state index contributed by atoms with van der Waals surface area (Å²) in [5, 5.41) is 5.19. The monoisotopic (exact) mass is 341 g/mol. The zero-order valence-electron chi connectivity index (χ0n) is 12.5. The molecule has 1 aromatic heterocycles. The average Bonchev–Trinajstić information content (AvgIpc) is 2.57. The number of rotatable bonds is 4. The first-order valence-corrected chi connectivity index (χ1v) is 8.62. The summed E-state index contributed by atoms with van der Waals surface area (Å²) >= 11 is 6.01. The van der Waals surface area contributed by atoms with Gasteiger partial charge in [-0.05, 0) is 24.0 Å².